The maximum atomic E-state index is 11.7. The molecule has 1 N–H and O–H groups in total. The lowest BCUT2D eigenvalue weighted by molar-refractivity contribution is 0.0696. The predicted octanol–water partition coefficient (Wildman–Crippen LogP) is 2.07. The van der Waals surface area contributed by atoms with Gasteiger partial charge in [0.25, 0.3) is 0 Å². The zero-order valence-corrected chi connectivity index (χ0v) is 10.6. The van der Waals surface area contributed by atoms with Crippen molar-refractivity contribution < 1.29 is 18.3 Å². The molecule has 0 spiro atoms. The van der Waals surface area contributed by atoms with E-state index in [1.54, 1.807) is 0 Å². The number of aromatic carboxylic acids is 1. The molecule has 0 amide bonds. The van der Waals surface area contributed by atoms with Crippen LogP contribution in [0.5, 0.6) is 0 Å². The van der Waals surface area contributed by atoms with Crippen LogP contribution in [0.15, 0.2) is 40.2 Å². The van der Waals surface area contributed by atoms with Crippen molar-refractivity contribution >= 4 is 31.7 Å². The van der Waals surface area contributed by atoms with Gasteiger partial charge in [-0.3, -0.25) is 0 Å². The Hall–Kier alpha value is -1.14. The van der Waals surface area contributed by atoms with E-state index in [-0.39, 0.29) is 16.2 Å². The van der Waals surface area contributed by atoms with Gasteiger partial charge in [-0.1, -0.05) is 28.6 Å². The average Bonchev–Trinajstić information content (AvgIpc) is 2.16. The van der Waals surface area contributed by atoms with Gasteiger partial charge in [-0.15, -0.1) is 0 Å². The molecule has 1 rings (SSSR count). The number of carbonyl (C=O) groups is 1. The monoisotopic (exact) mass is 304 g/mol. The van der Waals surface area contributed by atoms with E-state index in [0.29, 0.717) is 4.48 Å². The average molecular weight is 305 g/mol. The standard InChI is InChI=1S/C10H9BrO4S/c1-7(11)6-16(14,15)9-4-2-3-8(5-9)10(12)13/h2-5H,1,6H2,(H,12,13). The summed E-state index contributed by atoms with van der Waals surface area (Å²) in [4.78, 5) is 10.7. The quantitative estimate of drug-likeness (QED) is 0.924. The fourth-order valence-electron chi connectivity index (χ4n) is 1.11. The summed E-state index contributed by atoms with van der Waals surface area (Å²) < 4.78 is 23.8. The summed E-state index contributed by atoms with van der Waals surface area (Å²) in [5.74, 6) is -1.41. The van der Waals surface area contributed by atoms with Crippen molar-refractivity contribution in [2.75, 3.05) is 5.75 Å². The lowest BCUT2D eigenvalue weighted by Gasteiger charge is -2.03. The molecular formula is C10H9BrO4S. The molecule has 0 radical (unpaired) electrons. The van der Waals surface area contributed by atoms with Crippen LogP contribution in [0.3, 0.4) is 0 Å². The van der Waals surface area contributed by atoms with Crippen molar-refractivity contribution in [1.29, 1.82) is 0 Å². The second-order valence-corrected chi connectivity index (χ2v) is 6.22. The topological polar surface area (TPSA) is 71.4 Å². The molecule has 1 aromatic carbocycles. The molecule has 0 aliphatic heterocycles. The number of hydrogen-bond acceptors (Lipinski definition) is 3. The summed E-state index contributed by atoms with van der Waals surface area (Å²) in [7, 11) is -3.53. The normalized spacial score (nSPS) is 11.1. The molecule has 0 saturated heterocycles. The molecule has 16 heavy (non-hydrogen) atoms. The van der Waals surface area contributed by atoms with Crippen LogP contribution in [0, 0.1) is 0 Å². The lowest BCUT2D eigenvalue weighted by atomic mass is 10.2. The molecule has 0 atom stereocenters. The van der Waals surface area contributed by atoms with Gasteiger partial charge in [0.1, 0.15) is 0 Å². The Morgan fingerprint density at radius 1 is 1.44 bits per heavy atom. The zero-order chi connectivity index (χ0) is 12.3. The molecule has 0 unspecified atom stereocenters. The van der Waals surface area contributed by atoms with E-state index < -0.39 is 15.8 Å². The first-order chi connectivity index (χ1) is 7.33. The van der Waals surface area contributed by atoms with Crippen molar-refractivity contribution in [3.05, 3.63) is 40.9 Å². The van der Waals surface area contributed by atoms with Crippen LogP contribution in [-0.2, 0) is 9.84 Å². The lowest BCUT2D eigenvalue weighted by Crippen LogP contribution is -2.08. The first-order valence-electron chi connectivity index (χ1n) is 4.22. The number of hydrogen-bond donors (Lipinski definition) is 1. The van der Waals surface area contributed by atoms with Crippen LogP contribution in [0.2, 0.25) is 0 Å². The Morgan fingerprint density at radius 3 is 2.56 bits per heavy atom. The van der Waals surface area contributed by atoms with Crippen molar-refractivity contribution in [2.45, 2.75) is 4.90 Å². The third-order valence-electron chi connectivity index (χ3n) is 1.79. The Labute approximate surface area is 102 Å². The van der Waals surface area contributed by atoms with E-state index in [1.165, 1.54) is 18.2 Å². The molecule has 0 aliphatic rings. The van der Waals surface area contributed by atoms with Crippen LogP contribution in [0.1, 0.15) is 10.4 Å². The zero-order valence-electron chi connectivity index (χ0n) is 8.18. The van der Waals surface area contributed by atoms with Gasteiger partial charge in [0.05, 0.1) is 16.2 Å². The number of halogens is 1. The number of benzene rings is 1. The van der Waals surface area contributed by atoms with Crippen LogP contribution in [0.4, 0.5) is 0 Å². The molecule has 6 heteroatoms. The highest BCUT2D eigenvalue weighted by molar-refractivity contribution is 9.11. The molecule has 86 valence electrons. The Bertz CT molecular complexity index is 534. The fraction of sp³-hybridized carbons (Fsp3) is 0.100. The summed E-state index contributed by atoms with van der Waals surface area (Å²) >= 11 is 2.96. The van der Waals surface area contributed by atoms with Gasteiger partial charge in [0, 0.05) is 4.48 Å². The fourth-order valence-corrected chi connectivity index (χ4v) is 3.19. The summed E-state index contributed by atoms with van der Waals surface area (Å²) in [6, 6.07) is 5.23. The third kappa shape index (κ3) is 3.18. The summed E-state index contributed by atoms with van der Waals surface area (Å²) in [5, 5.41) is 8.74. The van der Waals surface area contributed by atoms with Crippen LogP contribution < -0.4 is 0 Å². The van der Waals surface area contributed by atoms with Crippen LogP contribution in [0.25, 0.3) is 0 Å². The van der Waals surface area contributed by atoms with Crippen molar-refractivity contribution in [2.24, 2.45) is 0 Å². The highest BCUT2D eigenvalue weighted by Crippen LogP contribution is 2.17. The Morgan fingerprint density at radius 2 is 2.06 bits per heavy atom. The van der Waals surface area contributed by atoms with Crippen molar-refractivity contribution in [1.82, 2.24) is 0 Å². The van der Waals surface area contributed by atoms with E-state index >= 15 is 0 Å². The molecule has 0 aliphatic carbocycles. The summed E-state index contributed by atoms with van der Waals surface area (Å²) in [6.45, 7) is 3.44. The minimum Gasteiger partial charge on any atom is -0.478 e. The largest absolute Gasteiger partial charge is 0.478 e. The minimum atomic E-state index is -3.53. The maximum Gasteiger partial charge on any atom is 0.335 e. The number of sulfone groups is 1. The van der Waals surface area contributed by atoms with Gasteiger partial charge in [-0.05, 0) is 18.2 Å². The van der Waals surface area contributed by atoms with Crippen molar-refractivity contribution in [3.63, 3.8) is 0 Å². The van der Waals surface area contributed by atoms with Gasteiger partial charge in [0.2, 0.25) is 0 Å². The summed E-state index contributed by atoms with van der Waals surface area (Å²) in [6.07, 6.45) is 0. The van der Waals surface area contributed by atoms with Gasteiger partial charge < -0.3 is 5.11 Å². The van der Waals surface area contributed by atoms with E-state index in [1.807, 2.05) is 0 Å². The third-order valence-corrected chi connectivity index (χ3v) is 4.14. The van der Waals surface area contributed by atoms with Gasteiger partial charge in [0.15, 0.2) is 9.84 Å². The predicted molar refractivity (Wildman–Crippen MR) is 63.5 cm³/mol. The molecular weight excluding hydrogens is 296 g/mol. The van der Waals surface area contributed by atoms with E-state index in [2.05, 4.69) is 22.5 Å². The Balaban J connectivity index is 3.19. The highest BCUT2D eigenvalue weighted by Gasteiger charge is 2.16. The molecule has 4 nitrogen and oxygen atoms in total. The van der Waals surface area contributed by atoms with Crippen molar-refractivity contribution in [3.8, 4) is 0 Å². The van der Waals surface area contributed by atoms with Crippen LogP contribution in [-0.4, -0.2) is 25.2 Å². The SMILES string of the molecule is C=C(Br)CS(=O)(=O)c1cccc(C(=O)O)c1. The number of rotatable bonds is 4. The second kappa shape index (κ2) is 4.80. The molecule has 0 saturated carbocycles. The second-order valence-electron chi connectivity index (χ2n) is 3.11. The van der Waals surface area contributed by atoms with Gasteiger partial charge in [-0.2, -0.15) is 0 Å². The highest BCUT2D eigenvalue weighted by atomic mass is 79.9. The van der Waals surface area contributed by atoms with Crippen LogP contribution >= 0.6 is 15.9 Å². The minimum absolute atomic E-state index is 0.0204. The van der Waals surface area contributed by atoms with Gasteiger partial charge in [-0.25, -0.2) is 13.2 Å². The molecule has 0 heterocycles. The molecule has 0 fully saturated rings. The molecule has 1 aromatic rings. The molecule has 0 aromatic heterocycles. The smallest absolute Gasteiger partial charge is 0.335 e. The van der Waals surface area contributed by atoms with Gasteiger partial charge >= 0.3 is 5.97 Å². The van der Waals surface area contributed by atoms with E-state index in [0.717, 1.165) is 6.07 Å². The summed E-state index contributed by atoms with van der Waals surface area (Å²) in [5.41, 5.74) is -0.0544. The maximum absolute atomic E-state index is 11.7. The van der Waals surface area contributed by atoms with E-state index in [4.69, 9.17) is 5.11 Å². The first-order valence-corrected chi connectivity index (χ1v) is 6.67. The number of carboxylic acid groups (broad SMARTS) is 1. The number of carboxylic acids is 1. The first kappa shape index (κ1) is 12.9. The van der Waals surface area contributed by atoms with E-state index in [9.17, 15) is 13.2 Å². The molecule has 0 bridgehead atoms. The Kier molecular flexibility index (Phi) is 3.88.